The van der Waals surface area contributed by atoms with Crippen molar-refractivity contribution in [2.24, 2.45) is 5.41 Å². The normalized spacial score (nSPS) is 27.1. The fourth-order valence-electron chi connectivity index (χ4n) is 3.20. The SMILES string of the molecule is O=C1c2ccccc2OCC12CC2c1ccccc1F. The van der Waals surface area contributed by atoms with Gasteiger partial charge in [-0.15, -0.1) is 0 Å². The largest absolute Gasteiger partial charge is 0.492 e. The second kappa shape index (κ2) is 3.92. The number of ketones is 1. The molecule has 1 heterocycles. The summed E-state index contributed by atoms with van der Waals surface area (Å²) in [6.45, 7) is 0.349. The molecule has 1 saturated carbocycles. The Bertz CT molecular complexity index is 710. The molecule has 1 aliphatic heterocycles. The Morgan fingerprint density at radius 1 is 1.10 bits per heavy atom. The van der Waals surface area contributed by atoms with Gasteiger partial charge in [-0.05, 0) is 30.2 Å². The Hall–Kier alpha value is -2.16. The van der Waals surface area contributed by atoms with E-state index >= 15 is 0 Å². The highest BCUT2D eigenvalue weighted by atomic mass is 19.1. The number of Topliss-reactive ketones (excluding diaryl/α,β-unsaturated/α-hetero) is 1. The molecular weight excluding hydrogens is 255 g/mol. The number of fused-ring (bicyclic) bond motifs is 1. The van der Waals surface area contributed by atoms with Crippen LogP contribution in [-0.4, -0.2) is 12.4 Å². The van der Waals surface area contributed by atoms with Crippen LogP contribution in [0.15, 0.2) is 48.5 Å². The quantitative estimate of drug-likeness (QED) is 0.790. The molecule has 100 valence electrons. The van der Waals surface area contributed by atoms with Gasteiger partial charge in [-0.3, -0.25) is 4.79 Å². The van der Waals surface area contributed by atoms with Crippen LogP contribution in [-0.2, 0) is 0 Å². The molecule has 20 heavy (non-hydrogen) atoms. The molecule has 0 radical (unpaired) electrons. The number of hydrogen-bond donors (Lipinski definition) is 0. The lowest BCUT2D eigenvalue weighted by Crippen LogP contribution is -2.31. The Labute approximate surface area is 116 Å². The van der Waals surface area contributed by atoms with Crippen LogP contribution >= 0.6 is 0 Å². The molecule has 3 heteroatoms. The summed E-state index contributed by atoms with van der Waals surface area (Å²) >= 11 is 0. The number of ether oxygens (including phenoxy) is 1. The van der Waals surface area contributed by atoms with Crippen LogP contribution in [0.4, 0.5) is 4.39 Å². The van der Waals surface area contributed by atoms with Crippen molar-refractivity contribution in [3.05, 3.63) is 65.5 Å². The van der Waals surface area contributed by atoms with Gasteiger partial charge in [0.2, 0.25) is 0 Å². The Morgan fingerprint density at radius 3 is 2.70 bits per heavy atom. The van der Waals surface area contributed by atoms with Gasteiger partial charge < -0.3 is 4.74 Å². The molecule has 2 aromatic rings. The average Bonchev–Trinajstić information content (AvgIpc) is 3.19. The first kappa shape index (κ1) is 11.6. The van der Waals surface area contributed by atoms with Gasteiger partial charge in [-0.2, -0.15) is 0 Å². The van der Waals surface area contributed by atoms with Crippen LogP contribution in [0.25, 0.3) is 0 Å². The maximum Gasteiger partial charge on any atom is 0.176 e. The summed E-state index contributed by atoms with van der Waals surface area (Å²) in [7, 11) is 0. The van der Waals surface area contributed by atoms with E-state index in [0.29, 0.717) is 29.9 Å². The lowest BCUT2D eigenvalue weighted by molar-refractivity contribution is 0.0789. The summed E-state index contributed by atoms with van der Waals surface area (Å²) in [5.41, 5.74) is 0.692. The minimum atomic E-state index is -0.559. The zero-order chi connectivity index (χ0) is 13.7. The summed E-state index contributed by atoms with van der Waals surface area (Å²) in [6, 6.07) is 14.0. The minimum Gasteiger partial charge on any atom is -0.492 e. The van der Waals surface area contributed by atoms with E-state index in [9.17, 15) is 9.18 Å². The third-order valence-corrected chi connectivity index (χ3v) is 4.43. The summed E-state index contributed by atoms with van der Waals surface area (Å²) in [6.07, 6.45) is 0.668. The molecule has 0 aromatic heterocycles. The third-order valence-electron chi connectivity index (χ3n) is 4.43. The molecule has 2 nitrogen and oxygen atoms in total. The van der Waals surface area contributed by atoms with E-state index in [2.05, 4.69) is 0 Å². The predicted octanol–water partition coefficient (Wildman–Crippen LogP) is 3.57. The van der Waals surface area contributed by atoms with Crippen LogP contribution in [0.5, 0.6) is 5.75 Å². The molecule has 2 aromatic carbocycles. The van der Waals surface area contributed by atoms with Gasteiger partial charge >= 0.3 is 0 Å². The lowest BCUT2D eigenvalue weighted by Gasteiger charge is -2.25. The van der Waals surface area contributed by atoms with Crippen LogP contribution in [0.2, 0.25) is 0 Å². The second-order valence-electron chi connectivity index (χ2n) is 5.55. The predicted molar refractivity (Wildman–Crippen MR) is 72.5 cm³/mol. The smallest absolute Gasteiger partial charge is 0.176 e. The lowest BCUT2D eigenvalue weighted by atomic mass is 9.88. The molecule has 4 rings (SSSR count). The molecule has 1 aliphatic carbocycles. The van der Waals surface area contributed by atoms with Gasteiger partial charge in [-0.25, -0.2) is 4.39 Å². The number of rotatable bonds is 1. The number of carbonyl (C=O) groups is 1. The zero-order valence-corrected chi connectivity index (χ0v) is 10.8. The van der Waals surface area contributed by atoms with E-state index < -0.39 is 5.41 Å². The van der Waals surface area contributed by atoms with Crippen molar-refractivity contribution in [2.75, 3.05) is 6.61 Å². The average molecular weight is 268 g/mol. The fourth-order valence-corrected chi connectivity index (χ4v) is 3.20. The second-order valence-corrected chi connectivity index (χ2v) is 5.55. The monoisotopic (exact) mass is 268 g/mol. The molecule has 1 spiro atoms. The molecule has 2 unspecified atom stereocenters. The van der Waals surface area contributed by atoms with Gasteiger partial charge in [0, 0.05) is 5.92 Å². The molecule has 0 saturated heterocycles. The molecule has 2 aliphatic rings. The van der Waals surface area contributed by atoms with Crippen molar-refractivity contribution in [3.63, 3.8) is 0 Å². The molecule has 1 fully saturated rings. The first-order valence-corrected chi connectivity index (χ1v) is 6.73. The Balaban J connectivity index is 1.73. The molecule has 0 amide bonds. The van der Waals surface area contributed by atoms with Crippen molar-refractivity contribution in [3.8, 4) is 5.75 Å². The van der Waals surface area contributed by atoms with Crippen molar-refractivity contribution in [1.82, 2.24) is 0 Å². The summed E-state index contributed by atoms with van der Waals surface area (Å²) in [5, 5.41) is 0. The highest BCUT2D eigenvalue weighted by Crippen LogP contribution is 2.63. The van der Waals surface area contributed by atoms with Crippen molar-refractivity contribution in [1.29, 1.82) is 0 Å². The third kappa shape index (κ3) is 1.46. The number of halogens is 1. The van der Waals surface area contributed by atoms with Crippen LogP contribution in [0.1, 0.15) is 28.3 Å². The topological polar surface area (TPSA) is 26.3 Å². The summed E-state index contributed by atoms with van der Waals surface area (Å²) in [4.78, 5) is 12.7. The van der Waals surface area contributed by atoms with Crippen LogP contribution in [0, 0.1) is 11.2 Å². The van der Waals surface area contributed by atoms with E-state index in [1.165, 1.54) is 6.07 Å². The van der Waals surface area contributed by atoms with Crippen LogP contribution < -0.4 is 4.74 Å². The van der Waals surface area contributed by atoms with Crippen molar-refractivity contribution in [2.45, 2.75) is 12.3 Å². The van der Waals surface area contributed by atoms with Gasteiger partial charge in [0.15, 0.2) is 5.78 Å². The zero-order valence-electron chi connectivity index (χ0n) is 10.8. The maximum absolute atomic E-state index is 13.9. The fraction of sp³-hybridized carbons (Fsp3) is 0.235. The molecule has 0 N–H and O–H groups in total. The number of hydrogen-bond acceptors (Lipinski definition) is 2. The van der Waals surface area contributed by atoms with Crippen molar-refractivity contribution >= 4 is 5.78 Å². The number of para-hydroxylation sites is 1. The molecular formula is C17H13FO2. The molecule has 2 atom stereocenters. The first-order chi connectivity index (χ1) is 9.72. The van der Waals surface area contributed by atoms with E-state index in [4.69, 9.17) is 4.74 Å². The van der Waals surface area contributed by atoms with E-state index in [-0.39, 0.29) is 17.5 Å². The number of carbonyl (C=O) groups excluding carboxylic acids is 1. The van der Waals surface area contributed by atoms with E-state index in [1.54, 1.807) is 24.3 Å². The van der Waals surface area contributed by atoms with Crippen LogP contribution in [0.3, 0.4) is 0 Å². The highest BCUT2D eigenvalue weighted by Gasteiger charge is 2.63. The Kier molecular flexibility index (Phi) is 2.28. The van der Waals surface area contributed by atoms with E-state index in [1.807, 2.05) is 18.2 Å². The summed E-state index contributed by atoms with van der Waals surface area (Å²) < 4.78 is 19.6. The van der Waals surface area contributed by atoms with Gasteiger partial charge in [-0.1, -0.05) is 30.3 Å². The standard InChI is InChI=1S/C17H13FO2/c18-14-7-3-1-5-11(14)13-9-17(13)10-20-15-8-4-2-6-12(15)16(17)19/h1-8,13H,9-10H2. The summed E-state index contributed by atoms with van der Waals surface area (Å²) in [5.74, 6) is 0.431. The number of benzene rings is 2. The van der Waals surface area contributed by atoms with Gasteiger partial charge in [0.25, 0.3) is 0 Å². The van der Waals surface area contributed by atoms with Crippen molar-refractivity contribution < 1.29 is 13.9 Å². The highest BCUT2D eigenvalue weighted by molar-refractivity contribution is 6.06. The minimum absolute atomic E-state index is 0.0652. The first-order valence-electron chi connectivity index (χ1n) is 6.73. The van der Waals surface area contributed by atoms with Gasteiger partial charge in [0.1, 0.15) is 18.2 Å². The molecule has 0 bridgehead atoms. The maximum atomic E-state index is 13.9. The Morgan fingerprint density at radius 2 is 1.85 bits per heavy atom. The van der Waals surface area contributed by atoms with Gasteiger partial charge in [0.05, 0.1) is 11.0 Å². The van der Waals surface area contributed by atoms with E-state index in [0.717, 1.165) is 0 Å².